The minimum absolute atomic E-state index is 0.112. The molecule has 4 rings (SSSR count). The van der Waals surface area contributed by atoms with Crippen LogP contribution < -0.4 is 10.1 Å². The number of benzene rings is 2. The number of hydrogen-bond donors (Lipinski definition) is 1. The van der Waals surface area contributed by atoms with Crippen LogP contribution in [0.15, 0.2) is 36.4 Å². The summed E-state index contributed by atoms with van der Waals surface area (Å²) in [5, 5.41) is 3.21. The van der Waals surface area contributed by atoms with Gasteiger partial charge in [-0.1, -0.05) is 24.3 Å². The summed E-state index contributed by atoms with van der Waals surface area (Å²) < 4.78 is 18.9. The van der Waals surface area contributed by atoms with E-state index in [1.54, 1.807) is 12.1 Å². The zero-order valence-electron chi connectivity index (χ0n) is 17.8. The van der Waals surface area contributed by atoms with Crippen molar-refractivity contribution in [3.8, 4) is 5.75 Å². The van der Waals surface area contributed by atoms with Gasteiger partial charge in [0.2, 0.25) is 5.91 Å². The summed E-state index contributed by atoms with van der Waals surface area (Å²) in [5.41, 5.74) is 4.94. The van der Waals surface area contributed by atoms with E-state index in [-0.39, 0.29) is 23.5 Å². The molecule has 0 spiro atoms. The van der Waals surface area contributed by atoms with Gasteiger partial charge < -0.3 is 10.1 Å². The summed E-state index contributed by atoms with van der Waals surface area (Å²) in [5.74, 6) is 0.0693. The molecule has 2 aromatic carbocycles. The maximum Gasteiger partial charge on any atom is 0.224 e. The van der Waals surface area contributed by atoms with Crippen molar-refractivity contribution in [1.29, 1.82) is 0 Å². The number of carbonyl (C=O) groups excluding carboxylic acids is 1. The Balaban J connectivity index is 1.23. The molecule has 1 saturated heterocycles. The van der Waals surface area contributed by atoms with Gasteiger partial charge in [-0.3, -0.25) is 9.69 Å². The Morgan fingerprint density at radius 3 is 2.53 bits per heavy atom. The molecule has 1 heterocycles. The number of amides is 1. The number of piperidine rings is 1. The Bertz CT molecular complexity index is 891. The van der Waals surface area contributed by atoms with Crippen molar-refractivity contribution >= 4 is 5.91 Å². The lowest BCUT2D eigenvalue weighted by Crippen LogP contribution is -2.44. The topological polar surface area (TPSA) is 41.6 Å². The molecule has 1 amide bonds. The fraction of sp³-hybridized carbons (Fsp3) is 0.480. The van der Waals surface area contributed by atoms with Crippen molar-refractivity contribution in [1.82, 2.24) is 10.2 Å². The predicted octanol–water partition coefficient (Wildman–Crippen LogP) is 4.04. The van der Waals surface area contributed by atoms with Crippen LogP contribution in [0.3, 0.4) is 0 Å². The van der Waals surface area contributed by atoms with Gasteiger partial charge in [0.1, 0.15) is 0 Å². The molecular weight excluding hydrogens is 379 g/mol. The highest BCUT2D eigenvalue weighted by atomic mass is 19.1. The molecule has 1 fully saturated rings. The first-order valence-electron chi connectivity index (χ1n) is 11.1. The highest BCUT2D eigenvalue weighted by Gasteiger charge is 2.21. The van der Waals surface area contributed by atoms with Gasteiger partial charge in [0, 0.05) is 25.7 Å². The molecule has 0 aromatic heterocycles. The summed E-state index contributed by atoms with van der Waals surface area (Å²) in [4.78, 5) is 14.9. The first-order valence-corrected chi connectivity index (χ1v) is 11.1. The van der Waals surface area contributed by atoms with Gasteiger partial charge in [-0.05, 0) is 72.9 Å². The largest absolute Gasteiger partial charge is 0.494 e. The van der Waals surface area contributed by atoms with Gasteiger partial charge in [-0.2, -0.15) is 0 Å². The molecule has 0 atom stereocenters. The molecule has 2 aliphatic rings. The van der Waals surface area contributed by atoms with Gasteiger partial charge in [0.05, 0.1) is 13.5 Å². The molecule has 0 bridgehead atoms. The van der Waals surface area contributed by atoms with Gasteiger partial charge in [0.15, 0.2) is 11.6 Å². The second-order valence-corrected chi connectivity index (χ2v) is 8.57. The third kappa shape index (κ3) is 5.20. The molecular formula is C25H31FN2O2. The number of carbonyl (C=O) groups is 1. The monoisotopic (exact) mass is 410 g/mol. The average molecular weight is 411 g/mol. The van der Waals surface area contributed by atoms with E-state index < -0.39 is 0 Å². The van der Waals surface area contributed by atoms with E-state index in [1.165, 1.54) is 37.5 Å². The Hall–Kier alpha value is -2.40. The standard InChI is InChI=1S/C25H31FN2O2/c1-30-24-9-7-19(15-23(24)26)17-28-12-10-22(11-13-28)27-25(29)16-18-6-8-20-4-2-3-5-21(20)14-18/h6-9,14-15,22H,2-5,10-13,16-17H2,1H3,(H,27,29). The van der Waals surface area contributed by atoms with E-state index >= 15 is 0 Å². The fourth-order valence-electron chi connectivity index (χ4n) is 4.66. The maximum atomic E-state index is 13.9. The Morgan fingerprint density at radius 1 is 1.07 bits per heavy atom. The Kier molecular flexibility index (Phi) is 6.68. The highest BCUT2D eigenvalue weighted by molar-refractivity contribution is 5.79. The normalized spacial score (nSPS) is 17.4. The van der Waals surface area contributed by atoms with Crippen LogP contribution in [0.4, 0.5) is 4.39 Å². The maximum absolute atomic E-state index is 13.9. The lowest BCUT2D eigenvalue weighted by Gasteiger charge is -2.32. The van der Waals surface area contributed by atoms with Gasteiger partial charge >= 0.3 is 0 Å². The number of likely N-dealkylation sites (tertiary alicyclic amines) is 1. The minimum atomic E-state index is -0.320. The van der Waals surface area contributed by atoms with Crippen molar-refractivity contribution in [2.45, 2.75) is 57.5 Å². The van der Waals surface area contributed by atoms with Crippen molar-refractivity contribution in [2.24, 2.45) is 0 Å². The molecule has 4 nitrogen and oxygen atoms in total. The van der Waals surface area contributed by atoms with Crippen molar-refractivity contribution in [3.05, 3.63) is 64.5 Å². The second kappa shape index (κ2) is 9.61. The van der Waals surface area contributed by atoms with Crippen LogP contribution in [-0.2, 0) is 30.6 Å². The summed E-state index contributed by atoms with van der Waals surface area (Å²) in [7, 11) is 1.47. The average Bonchev–Trinajstić information content (AvgIpc) is 2.75. The second-order valence-electron chi connectivity index (χ2n) is 8.57. The zero-order chi connectivity index (χ0) is 20.9. The number of methoxy groups -OCH3 is 1. The number of ether oxygens (including phenoxy) is 1. The van der Waals surface area contributed by atoms with Crippen LogP contribution in [0.25, 0.3) is 0 Å². The van der Waals surface area contributed by atoms with Crippen molar-refractivity contribution < 1.29 is 13.9 Å². The molecule has 2 aromatic rings. The number of rotatable bonds is 6. The molecule has 1 aliphatic heterocycles. The smallest absolute Gasteiger partial charge is 0.224 e. The third-order valence-corrected chi connectivity index (χ3v) is 6.35. The molecule has 5 heteroatoms. The molecule has 30 heavy (non-hydrogen) atoms. The fourth-order valence-corrected chi connectivity index (χ4v) is 4.66. The zero-order valence-corrected chi connectivity index (χ0v) is 17.8. The van der Waals surface area contributed by atoms with Crippen LogP contribution in [0.2, 0.25) is 0 Å². The quantitative estimate of drug-likeness (QED) is 0.782. The summed E-state index contributed by atoms with van der Waals surface area (Å²) in [6.45, 7) is 2.52. The van der Waals surface area contributed by atoms with Crippen LogP contribution in [0, 0.1) is 5.82 Å². The molecule has 0 unspecified atom stereocenters. The van der Waals surface area contributed by atoms with Gasteiger partial charge in [-0.15, -0.1) is 0 Å². The Labute approximate surface area is 178 Å². The Morgan fingerprint density at radius 2 is 1.80 bits per heavy atom. The van der Waals surface area contributed by atoms with E-state index in [4.69, 9.17) is 4.74 Å². The van der Waals surface area contributed by atoms with E-state index in [0.717, 1.165) is 50.0 Å². The lowest BCUT2D eigenvalue weighted by molar-refractivity contribution is -0.121. The van der Waals surface area contributed by atoms with Crippen molar-refractivity contribution in [2.75, 3.05) is 20.2 Å². The molecule has 0 radical (unpaired) electrons. The van der Waals surface area contributed by atoms with Gasteiger partial charge in [-0.25, -0.2) is 4.39 Å². The SMILES string of the molecule is COc1ccc(CN2CCC(NC(=O)Cc3ccc4c(c3)CCCC4)CC2)cc1F. The number of hydrogen-bond acceptors (Lipinski definition) is 3. The molecule has 160 valence electrons. The molecule has 1 N–H and O–H groups in total. The van der Waals surface area contributed by atoms with E-state index in [0.29, 0.717) is 6.42 Å². The van der Waals surface area contributed by atoms with Crippen LogP contribution in [-0.4, -0.2) is 37.0 Å². The number of nitrogens with one attached hydrogen (secondary N) is 1. The number of aryl methyl sites for hydroxylation is 2. The van der Waals surface area contributed by atoms with E-state index in [2.05, 4.69) is 28.4 Å². The number of halogens is 1. The molecule has 0 saturated carbocycles. The first kappa shape index (κ1) is 20.9. The van der Waals surface area contributed by atoms with Crippen LogP contribution in [0.5, 0.6) is 5.75 Å². The third-order valence-electron chi connectivity index (χ3n) is 6.35. The predicted molar refractivity (Wildman–Crippen MR) is 116 cm³/mol. The van der Waals surface area contributed by atoms with Gasteiger partial charge in [0.25, 0.3) is 0 Å². The summed E-state index contributed by atoms with van der Waals surface area (Å²) in [6.07, 6.45) is 7.15. The number of nitrogens with zero attached hydrogens (tertiary/aromatic N) is 1. The summed E-state index contributed by atoms with van der Waals surface area (Å²) >= 11 is 0. The number of fused-ring (bicyclic) bond motifs is 1. The van der Waals surface area contributed by atoms with Crippen LogP contribution >= 0.6 is 0 Å². The first-order chi connectivity index (χ1) is 14.6. The lowest BCUT2D eigenvalue weighted by atomic mass is 9.90. The van der Waals surface area contributed by atoms with E-state index in [1.807, 2.05) is 6.07 Å². The molecule has 1 aliphatic carbocycles. The minimum Gasteiger partial charge on any atom is -0.494 e. The highest BCUT2D eigenvalue weighted by Crippen LogP contribution is 2.23. The van der Waals surface area contributed by atoms with Crippen molar-refractivity contribution in [3.63, 3.8) is 0 Å². The summed E-state index contributed by atoms with van der Waals surface area (Å²) in [6, 6.07) is 11.9. The van der Waals surface area contributed by atoms with E-state index in [9.17, 15) is 9.18 Å². The van der Waals surface area contributed by atoms with Crippen LogP contribution in [0.1, 0.15) is 47.9 Å².